The molecule has 0 aromatic carbocycles. The number of carbonyl (C=O) groups is 2. The normalized spacial score (nSPS) is 29.7. The molecule has 2 rings (SSSR count). The average molecular weight is 255 g/mol. The summed E-state index contributed by atoms with van der Waals surface area (Å²) in [5, 5.41) is 9.22. The molecule has 0 bridgehead atoms. The van der Waals surface area contributed by atoms with Crippen molar-refractivity contribution in [3.63, 3.8) is 0 Å². The molecule has 1 N–H and O–H groups in total. The van der Waals surface area contributed by atoms with Gasteiger partial charge in [0.25, 0.3) is 0 Å². The quantitative estimate of drug-likeness (QED) is 0.803. The molecule has 1 saturated heterocycles. The molecule has 5 nitrogen and oxygen atoms in total. The van der Waals surface area contributed by atoms with Gasteiger partial charge in [-0.1, -0.05) is 12.8 Å². The zero-order chi connectivity index (χ0) is 13.0. The Kier molecular flexibility index (Phi) is 4.58. The predicted octanol–water partition coefficient (Wildman–Crippen LogP) is 1.13. The summed E-state index contributed by atoms with van der Waals surface area (Å²) < 4.78 is 5.33. The number of carbonyl (C=O) groups excluding carboxylic acids is 1. The number of nitrogens with zero attached hydrogens (tertiary/aromatic N) is 1. The highest BCUT2D eigenvalue weighted by Crippen LogP contribution is 2.31. The van der Waals surface area contributed by atoms with Gasteiger partial charge in [-0.3, -0.25) is 9.59 Å². The molecular formula is C13H21NO4. The third-order valence-corrected chi connectivity index (χ3v) is 3.93. The van der Waals surface area contributed by atoms with Crippen LogP contribution >= 0.6 is 0 Å². The molecule has 0 aromatic heterocycles. The van der Waals surface area contributed by atoms with E-state index in [4.69, 9.17) is 4.74 Å². The molecule has 0 radical (unpaired) electrons. The van der Waals surface area contributed by atoms with E-state index in [1.807, 2.05) is 0 Å². The molecule has 0 spiro atoms. The molecule has 0 unspecified atom stereocenters. The van der Waals surface area contributed by atoms with Crippen LogP contribution in [0.15, 0.2) is 0 Å². The van der Waals surface area contributed by atoms with E-state index in [1.165, 1.54) is 0 Å². The molecule has 5 heteroatoms. The van der Waals surface area contributed by atoms with E-state index in [2.05, 4.69) is 0 Å². The van der Waals surface area contributed by atoms with Gasteiger partial charge in [0.2, 0.25) is 5.91 Å². The molecule has 1 aliphatic heterocycles. The molecule has 2 aliphatic rings. The van der Waals surface area contributed by atoms with Crippen molar-refractivity contribution in [1.82, 2.24) is 4.90 Å². The van der Waals surface area contributed by atoms with Crippen LogP contribution < -0.4 is 0 Å². The van der Waals surface area contributed by atoms with Crippen LogP contribution in [-0.2, 0) is 14.3 Å². The zero-order valence-electron chi connectivity index (χ0n) is 10.6. The summed E-state index contributed by atoms with van der Waals surface area (Å²) in [5.41, 5.74) is 0. The van der Waals surface area contributed by atoms with Crippen LogP contribution in [0.2, 0.25) is 0 Å². The molecule has 1 heterocycles. The van der Waals surface area contributed by atoms with Crippen LogP contribution in [-0.4, -0.2) is 48.2 Å². The van der Waals surface area contributed by atoms with Gasteiger partial charge in [-0.15, -0.1) is 0 Å². The second kappa shape index (κ2) is 6.18. The molecule has 1 amide bonds. The number of hydrogen-bond donors (Lipinski definition) is 1. The molecule has 1 saturated carbocycles. The predicted molar refractivity (Wildman–Crippen MR) is 65.1 cm³/mol. The van der Waals surface area contributed by atoms with Gasteiger partial charge >= 0.3 is 5.97 Å². The van der Waals surface area contributed by atoms with E-state index < -0.39 is 11.9 Å². The topological polar surface area (TPSA) is 66.8 Å². The molecule has 1 aliphatic carbocycles. The first-order valence-electron chi connectivity index (χ1n) is 6.79. The lowest BCUT2D eigenvalue weighted by atomic mass is 9.78. The fourth-order valence-corrected chi connectivity index (χ4v) is 2.92. The van der Waals surface area contributed by atoms with Gasteiger partial charge in [-0.05, 0) is 19.3 Å². The van der Waals surface area contributed by atoms with Gasteiger partial charge < -0.3 is 14.7 Å². The van der Waals surface area contributed by atoms with Gasteiger partial charge in [0.05, 0.1) is 18.4 Å². The van der Waals surface area contributed by atoms with Crippen molar-refractivity contribution in [2.24, 2.45) is 11.8 Å². The van der Waals surface area contributed by atoms with Gasteiger partial charge in [-0.2, -0.15) is 0 Å². The lowest BCUT2D eigenvalue weighted by Crippen LogP contribution is -2.43. The smallest absolute Gasteiger partial charge is 0.307 e. The van der Waals surface area contributed by atoms with Crippen molar-refractivity contribution in [1.29, 1.82) is 0 Å². The Morgan fingerprint density at radius 2 is 1.72 bits per heavy atom. The van der Waals surface area contributed by atoms with E-state index in [-0.39, 0.29) is 11.8 Å². The van der Waals surface area contributed by atoms with Crippen LogP contribution in [0, 0.1) is 11.8 Å². The minimum absolute atomic E-state index is 0.0209. The standard InChI is InChI=1S/C13H21NO4/c15-12(14-6-3-8-18-9-7-14)10-4-1-2-5-11(10)13(16)17/h10-11H,1-9H2,(H,16,17)/t10-,11+/m1/s1. The maximum atomic E-state index is 12.4. The van der Waals surface area contributed by atoms with E-state index in [0.29, 0.717) is 39.1 Å². The second-order valence-electron chi connectivity index (χ2n) is 5.13. The molecule has 18 heavy (non-hydrogen) atoms. The molecule has 0 aromatic rings. The number of rotatable bonds is 2. The van der Waals surface area contributed by atoms with E-state index in [1.54, 1.807) is 4.90 Å². The molecule has 102 valence electrons. The molecule has 2 fully saturated rings. The summed E-state index contributed by atoms with van der Waals surface area (Å²) in [7, 11) is 0. The van der Waals surface area contributed by atoms with Crippen molar-refractivity contribution < 1.29 is 19.4 Å². The first-order chi connectivity index (χ1) is 8.70. The maximum absolute atomic E-state index is 12.4. The Morgan fingerprint density at radius 1 is 1.00 bits per heavy atom. The number of ether oxygens (including phenoxy) is 1. The minimum atomic E-state index is -0.820. The average Bonchev–Trinajstić information content (AvgIpc) is 2.66. The van der Waals surface area contributed by atoms with Crippen molar-refractivity contribution in [2.75, 3.05) is 26.3 Å². The third-order valence-electron chi connectivity index (χ3n) is 3.93. The number of carboxylic acids is 1. The number of carboxylic acid groups (broad SMARTS) is 1. The Hall–Kier alpha value is -1.10. The highest BCUT2D eigenvalue weighted by atomic mass is 16.5. The fraction of sp³-hybridized carbons (Fsp3) is 0.846. The van der Waals surface area contributed by atoms with Crippen molar-refractivity contribution in [2.45, 2.75) is 32.1 Å². The van der Waals surface area contributed by atoms with Gasteiger partial charge in [-0.25, -0.2) is 0 Å². The summed E-state index contributed by atoms with van der Waals surface area (Å²) >= 11 is 0. The summed E-state index contributed by atoms with van der Waals surface area (Å²) in [4.78, 5) is 25.4. The zero-order valence-corrected chi connectivity index (χ0v) is 10.6. The van der Waals surface area contributed by atoms with Crippen LogP contribution in [0.5, 0.6) is 0 Å². The number of aliphatic carboxylic acids is 1. The lowest BCUT2D eigenvalue weighted by Gasteiger charge is -2.32. The second-order valence-corrected chi connectivity index (χ2v) is 5.13. The summed E-state index contributed by atoms with van der Waals surface area (Å²) in [6, 6.07) is 0. The van der Waals surface area contributed by atoms with E-state index in [0.717, 1.165) is 19.3 Å². The largest absolute Gasteiger partial charge is 0.481 e. The Bertz CT molecular complexity index is 310. The Balaban J connectivity index is 2.02. The SMILES string of the molecule is O=C(O)[C@H]1CCCC[C@H]1C(=O)N1CCCOCC1. The summed E-state index contributed by atoms with van der Waals surface area (Å²) in [6.45, 7) is 2.55. The van der Waals surface area contributed by atoms with Crippen LogP contribution in [0.3, 0.4) is 0 Å². The Labute approximate surface area is 107 Å². The monoisotopic (exact) mass is 255 g/mol. The summed E-state index contributed by atoms with van der Waals surface area (Å²) in [5.74, 6) is -1.61. The van der Waals surface area contributed by atoms with Crippen molar-refractivity contribution in [3.05, 3.63) is 0 Å². The molecular weight excluding hydrogens is 234 g/mol. The number of amides is 1. The fourth-order valence-electron chi connectivity index (χ4n) is 2.92. The van der Waals surface area contributed by atoms with Crippen LogP contribution in [0.4, 0.5) is 0 Å². The van der Waals surface area contributed by atoms with E-state index in [9.17, 15) is 14.7 Å². The number of hydrogen-bond acceptors (Lipinski definition) is 3. The third kappa shape index (κ3) is 3.02. The maximum Gasteiger partial charge on any atom is 0.307 e. The van der Waals surface area contributed by atoms with Gasteiger partial charge in [0.15, 0.2) is 0 Å². The minimum Gasteiger partial charge on any atom is -0.481 e. The highest BCUT2D eigenvalue weighted by Gasteiger charge is 2.37. The first-order valence-corrected chi connectivity index (χ1v) is 6.79. The van der Waals surface area contributed by atoms with Gasteiger partial charge in [0.1, 0.15) is 0 Å². The van der Waals surface area contributed by atoms with Crippen LogP contribution in [0.1, 0.15) is 32.1 Å². The highest BCUT2D eigenvalue weighted by molar-refractivity contribution is 5.85. The van der Waals surface area contributed by atoms with Crippen molar-refractivity contribution in [3.8, 4) is 0 Å². The van der Waals surface area contributed by atoms with Crippen LogP contribution in [0.25, 0.3) is 0 Å². The van der Waals surface area contributed by atoms with Gasteiger partial charge in [0, 0.05) is 19.7 Å². The van der Waals surface area contributed by atoms with Crippen molar-refractivity contribution >= 4 is 11.9 Å². The van der Waals surface area contributed by atoms with E-state index >= 15 is 0 Å². The Morgan fingerprint density at radius 3 is 2.44 bits per heavy atom. The summed E-state index contributed by atoms with van der Waals surface area (Å²) in [6.07, 6.45) is 4.08. The lowest BCUT2D eigenvalue weighted by molar-refractivity contribution is -0.152. The first kappa shape index (κ1) is 13.3. The molecule has 2 atom stereocenters.